The first kappa shape index (κ1) is 13.4. The van der Waals surface area contributed by atoms with Crippen LogP contribution in [0.2, 0.25) is 5.02 Å². The van der Waals surface area contributed by atoms with Crippen molar-refractivity contribution in [2.24, 2.45) is 0 Å². The number of hydrogen-bond acceptors (Lipinski definition) is 1. The molecule has 0 N–H and O–H groups in total. The van der Waals surface area contributed by atoms with Crippen molar-refractivity contribution in [3.8, 4) is 16.9 Å². The number of allylic oxidation sites excluding steroid dienone is 2. The zero-order valence-corrected chi connectivity index (χ0v) is 13.9. The molecule has 1 aliphatic heterocycles. The second kappa shape index (κ2) is 4.30. The highest BCUT2D eigenvalue weighted by molar-refractivity contribution is 6.30. The van der Waals surface area contributed by atoms with Crippen LogP contribution in [0, 0.1) is 0 Å². The van der Waals surface area contributed by atoms with Crippen LogP contribution in [-0.4, -0.2) is 6.10 Å². The van der Waals surface area contributed by atoms with E-state index in [1.807, 2.05) is 6.07 Å². The van der Waals surface area contributed by atoms with Crippen LogP contribution < -0.4 is 4.74 Å². The first-order valence-electron chi connectivity index (χ1n) is 8.07. The molecular weight excluding hydrogens is 304 g/mol. The van der Waals surface area contributed by atoms with Crippen molar-refractivity contribution in [1.82, 2.24) is 0 Å². The lowest BCUT2D eigenvalue weighted by molar-refractivity contribution is 0.269. The van der Waals surface area contributed by atoms with Crippen molar-refractivity contribution < 1.29 is 4.74 Å². The molecule has 0 spiro atoms. The first-order chi connectivity index (χ1) is 11.1. The molecule has 0 fully saturated rings. The number of halogens is 1. The summed E-state index contributed by atoms with van der Waals surface area (Å²) in [7, 11) is 0. The standard InChI is InChI=1S/C21H17ClO/c1-21(2)16-10-9-14-13-5-3-4-6-18(13)23-20(14)19(16)15-8-7-12(22)11-17(15)21/h3-11,13,18H,1-2H3. The molecule has 5 rings (SSSR count). The van der Waals surface area contributed by atoms with E-state index in [4.69, 9.17) is 16.3 Å². The van der Waals surface area contributed by atoms with Gasteiger partial charge in [-0.2, -0.15) is 0 Å². The summed E-state index contributed by atoms with van der Waals surface area (Å²) in [5.74, 6) is 1.39. The van der Waals surface area contributed by atoms with Gasteiger partial charge in [-0.15, -0.1) is 0 Å². The molecule has 0 saturated heterocycles. The number of rotatable bonds is 0. The van der Waals surface area contributed by atoms with Crippen LogP contribution in [0.3, 0.4) is 0 Å². The monoisotopic (exact) mass is 320 g/mol. The summed E-state index contributed by atoms with van der Waals surface area (Å²) in [5, 5.41) is 0.793. The van der Waals surface area contributed by atoms with Gasteiger partial charge in [0.2, 0.25) is 0 Å². The first-order valence-corrected chi connectivity index (χ1v) is 8.44. The zero-order chi connectivity index (χ0) is 15.8. The summed E-state index contributed by atoms with van der Waals surface area (Å²) in [6.07, 6.45) is 8.71. The average molecular weight is 321 g/mol. The van der Waals surface area contributed by atoms with E-state index in [9.17, 15) is 0 Å². The van der Waals surface area contributed by atoms with Crippen LogP contribution >= 0.6 is 11.6 Å². The smallest absolute Gasteiger partial charge is 0.132 e. The van der Waals surface area contributed by atoms with Crippen LogP contribution in [0.15, 0.2) is 54.6 Å². The molecule has 1 nitrogen and oxygen atoms in total. The lowest BCUT2D eigenvalue weighted by Crippen LogP contribution is -2.15. The summed E-state index contributed by atoms with van der Waals surface area (Å²) in [6, 6.07) is 10.7. The molecule has 0 radical (unpaired) electrons. The normalized spacial score (nSPS) is 24.7. The minimum absolute atomic E-state index is 0.0482. The largest absolute Gasteiger partial charge is 0.484 e. The lowest BCUT2D eigenvalue weighted by Gasteiger charge is -2.21. The molecule has 1 heterocycles. The Balaban J connectivity index is 1.81. The fourth-order valence-electron chi connectivity index (χ4n) is 4.29. The van der Waals surface area contributed by atoms with Gasteiger partial charge in [-0.3, -0.25) is 0 Å². The Kier molecular flexibility index (Phi) is 2.51. The predicted octanol–water partition coefficient (Wildman–Crippen LogP) is 5.62. The third-order valence-corrected chi connectivity index (χ3v) is 5.72. The minimum atomic E-state index is -0.0482. The summed E-state index contributed by atoms with van der Waals surface area (Å²) in [4.78, 5) is 0. The molecule has 3 aliphatic rings. The second-order valence-corrected chi connectivity index (χ2v) is 7.54. The highest BCUT2D eigenvalue weighted by Gasteiger charge is 2.42. The van der Waals surface area contributed by atoms with E-state index in [-0.39, 0.29) is 11.5 Å². The van der Waals surface area contributed by atoms with Crippen LogP contribution in [0.1, 0.15) is 36.5 Å². The predicted molar refractivity (Wildman–Crippen MR) is 94.5 cm³/mol. The topological polar surface area (TPSA) is 9.23 Å². The average Bonchev–Trinajstić information content (AvgIpc) is 3.02. The van der Waals surface area contributed by atoms with Crippen LogP contribution in [-0.2, 0) is 5.41 Å². The number of hydrogen-bond donors (Lipinski definition) is 0. The van der Waals surface area contributed by atoms with Gasteiger partial charge in [0.1, 0.15) is 11.9 Å². The van der Waals surface area contributed by atoms with Crippen molar-refractivity contribution in [3.63, 3.8) is 0 Å². The maximum Gasteiger partial charge on any atom is 0.132 e. The maximum atomic E-state index is 6.36. The molecule has 2 heteroatoms. The van der Waals surface area contributed by atoms with E-state index in [0.717, 1.165) is 10.8 Å². The molecule has 2 unspecified atom stereocenters. The van der Waals surface area contributed by atoms with E-state index in [0.29, 0.717) is 5.92 Å². The van der Waals surface area contributed by atoms with Crippen molar-refractivity contribution in [3.05, 3.63) is 76.3 Å². The van der Waals surface area contributed by atoms with Gasteiger partial charge >= 0.3 is 0 Å². The summed E-state index contributed by atoms with van der Waals surface area (Å²) < 4.78 is 6.36. The zero-order valence-electron chi connectivity index (χ0n) is 13.1. The molecule has 2 aliphatic carbocycles. The molecule has 2 aromatic carbocycles. The van der Waals surface area contributed by atoms with E-state index >= 15 is 0 Å². The Hall–Kier alpha value is -1.99. The Morgan fingerprint density at radius 1 is 1.00 bits per heavy atom. The maximum absolute atomic E-state index is 6.36. The number of benzene rings is 2. The minimum Gasteiger partial charge on any atom is -0.484 e. The molecule has 114 valence electrons. The van der Waals surface area contributed by atoms with Gasteiger partial charge in [0, 0.05) is 27.5 Å². The molecule has 2 atom stereocenters. The van der Waals surface area contributed by atoms with Gasteiger partial charge in [0.25, 0.3) is 0 Å². The van der Waals surface area contributed by atoms with Gasteiger partial charge < -0.3 is 4.74 Å². The van der Waals surface area contributed by atoms with Crippen LogP contribution in [0.5, 0.6) is 5.75 Å². The van der Waals surface area contributed by atoms with Gasteiger partial charge in [0.05, 0.1) is 0 Å². The Bertz CT molecular complexity index is 904. The fourth-order valence-corrected chi connectivity index (χ4v) is 4.46. The Morgan fingerprint density at radius 3 is 2.70 bits per heavy atom. The summed E-state index contributed by atoms with van der Waals surface area (Å²) in [5.41, 5.74) is 6.40. The quantitative estimate of drug-likeness (QED) is 0.612. The van der Waals surface area contributed by atoms with Crippen LogP contribution in [0.4, 0.5) is 0 Å². The van der Waals surface area contributed by atoms with Gasteiger partial charge in [-0.05, 0) is 34.9 Å². The molecule has 0 amide bonds. The number of fused-ring (bicyclic) bond motifs is 7. The SMILES string of the molecule is CC1(C)c2cc(Cl)ccc2-c2c1ccc1c2OC2C=CC=CC12. The molecular formula is C21H17ClO. The molecule has 23 heavy (non-hydrogen) atoms. The van der Waals surface area contributed by atoms with Gasteiger partial charge in [-0.1, -0.05) is 61.9 Å². The molecule has 2 aromatic rings. The van der Waals surface area contributed by atoms with Crippen molar-refractivity contribution in [2.45, 2.75) is 31.3 Å². The second-order valence-electron chi connectivity index (χ2n) is 7.10. The fraction of sp³-hybridized carbons (Fsp3) is 0.238. The van der Waals surface area contributed by atoms with Crippen molar-refractivity contribution in [1.29, 1.82) is 0 Å². The Labute approximate surface area is 141 Å². The highest BCUT2D eigenvalue weighted by atomic mass is 35.5. The van der Waals surface area contributed by atoms with E-state index in [1.165, 1.54) is 27.8 Å². The highest BCUT2D eigenvalue weighted by Crippen LogP contribution is 2.57. The molecule has 0 saturated carbocycles. The van der Waals surface area contributed by atoms with Crippen molar-refractivity contribution >= 4 is 11.6 Å². The van der Waals surface area contributed by atoms with E-state index in [1.54, 1.807) is 0 Å². The number of ether oxygens (including phenoxy) is 1. The molecule has 0 aromatic heterocycles. The van der Waals surface area contributed by atoms with Crippen molar-refractivity contribution in [2.75, 3.05) is 0 Å². The third-order valence-electron chi connectivity index (χ3n) is 5.48. The van der Waals surface area contributed by atoms with E-state index in [2.05, 4.69) is 62.4 Å². The summed E-state index contributed by atoms with van der Waals surface area (Å²) in [6.45, 7) is 4.53. The summed E-state index contributed by atoms with van der Waals surface area (Å²) >= 11 is 6.26. The van der Waals surface area contributed by atoms with Gasteiger partial charge in [-0.25, -0.2) is 0 Å². The lowest BCUT2D eigenvalue weighted by atomic mass is 9.81. The van der Waals surface area contributed by atoms with Crippen LogP contribution in [0.25, 0.3) is 11.1 Å². The molecule has 0 bridgehead atoms. The van der Waals surface area contributed by atoms with E-state index < -0.39 is 0 Å². The van der Waals surface area contributed by atoms with Gasteiger partial charge in [0.15, 0.2) is 0 Å². The third kappa shape index (κ3) is 1.63. The Morgan fingerprint density at radius 2 is 1.83 bits per heavy atom.